The van der Waals surface area contributed by atoms with Gasteiger partial charge in [-0.3, -0.25) is 4.68 Å². The van der Waals surface area contributed by atoms with Gasteiger partial charge in [-0.25, -0.2) is 4.39 Å². The fourth-order valence-corrected chi connectivity index (χ4v) is 1.95. The van der Waals surface area contributed by atoms with E-state index in [-0.39, 0.29) is 18.5 Å². The Hall–Kier alpha value is -1.42. The summed E-state index contributed by atoms with van der Waals surface area (Å²) in [7, 11) is 0. The Morgan fingerprint density at radius 3 is 2.81 bits per heavy atom. The first kappa shape index (κ1) is 11.1. The van der Waals surface area contributed by atoms with Crippen LogP contribution >= 0.6 is 0 Å². The second kappa shape index (κ2) is 4.22. The molecule has 0 spiro atoms. The summed E-state index contributed by atoms with van der Waals surface area (Å²) in [5.74, 6) is -0.271. The Bertz CT molecular complexity index is 505. The molecule has 2 rings (SSSR count). The van der Waals surface area contributed by atoms with Gasteiger partial charge < -0.3 is 5.11 Å². The van der Waals surface area contributed by atoms with Gasteiger partial charge in [0.05, 0.1) is 16.6 Å². The van der Waals surface area contributed by atoms with Gasteiger partial charge in [0.15, 0.2) is 0 Å². The maximum absolute atomic E-state index is 13.7. The van der Waals surface area contributed by atoms with Crippen molar-refractivity contribution in [2.75, 3.05) is 6.61 Å². The number of rotatable bonds is 3. The van der Waals surface area contributed by atoms with E-state index in [0.717, 1.165) is 5.69 Å². The van der Waals surface area contributed by atoms with Crippen molar-refractivity contribution >= 4 is 10.9 Å². The van der Waals surface area contributed by atoms with Crippen molar-refractivity contribution in [3.05, 3.63) is 29.7 Å². The van der Waals surface area contributed by atoms with Crippen LogP contribution < -0.4 is 0 Å². The summed E-state index contributed by atoms with van der Waals surface area (Å²) in [6.07, 6.45) is 0.426. The Labute approximate surface area is 93.5 Å². The molecule has 86 valence electrons. The molecule has 0 unspecified atom stereocenters. The molecular formula is C12H15FN2O. The highest BCUT2D eigenvalue weighted by Gasteiger charge is 2.15. The van der Waals surface area contributed by atoms with Crippen molar-refractivity contribution in [1.29, 1.82) is 0 Å². The van der Waals surface area contributed by atoms with E-state index in [0.29, 0.717) is 17.3 Å². The monoisotopic (exact) mass is 222 g/mol. The summed E-state index contributed by atoms with van der Waals surface area (Å²) in [4.78, 5) is 0. The lowest BCUT2D eigenvalue weighted by atomic mass is 10.1. The van der Waals surface area contributed by atoms with Gasteiger partial charge in [-0.05, 0) is 26.0 Å². The molecule has 0 bridgehead atoms. The van der Waals surface area contributed by atoms with E-state index in [1.807, 2.05) is 13.8 Å². The van der Waals surface area contributed by atoms with E-state index in [9.17, 15) is 4.39 Å². The highest BCUT2D eigenvalue weighted by Crippen LogP contribution is 2.24. The number of fused-ring (bicyclic) bond motifs is 1. The Kier molecular flexibility index (Phi) is 2.92. The Morgan fingerprint density at radius 1 is 1.44 bits per heavy atom. The minimum atomic E-state index is -0.271. The molecule has 2 aromatic rings. The molecule has 1 heterocycles. The summed E-state index contributed by atoms with van der Waals surface area (Å²) < 4.78 is 15.5. The number of nitrogens with zero attached hydrogens (tertiary/aromatic N) is 2. The van der Waals surface area contributed by atoms with Gasteiger partial charge in [0.2, 0.25) is 0 Å². The van der Waals surface area contributed by atoms with Crippen molar-refractivity contribution in [1.82, 2.24) is 9.78 Å². The quantitative estimate of drug-likeness (QED) is 0.865. The van der Waals surface area contributed by atoms with Gasteiger partial charge in [-0.15, -0.1) is 0 Å². The summed E-state index contributed by atoms with van der Waals surface area (Å²) in [6, 6.07) is 5.03. The lowest BCUT2D eigenvalue weighted by Gasteiger charge is -2.10. The zero-order chi connectivity index (χ0) is 11.7. The van der Waals surface area contributed by atoms with E-state index in [1.165, 1.54) is 6.07 Å². The molecule has 0 aliphatic heterocycles. The van der Waals surface area contributed by atoms with Crippen LogP contribution in [0.5, 0.6) is 0 Å². The lowest BCUT2D eigenvalue weighted by molar-refractivity contribution is 0.294. The predicted molar refractivity (Wildman–Crippen MR) is 60.9 cm³/mol. The van der Waals surface area contributed by atoms with Gasteiger partial charge in [-0.2, -0.15) is 5.10 Å². The fourth-order valence-electron chi connectivity index (χ4n) is 1.95. The molecule has 1 aromatic carbocycles. The maximum atomic E-state index is 13.7. The lowest BCUT2D eigenvalue weighted by Crippen LogP contribution is -2.09. The smallest absolute Gasteiger partial charge is 0.134 e. The van der Waals surface area contributed by atoms with E-state index in [2.05, 4.69) is 5.10 Å². The highest BCUT2D eigenvalue weighted by atomic mass is 19.1. The molecule has 1 aromatic heterocycles. The number of hydrogen-bond donors (Lipinski definition) is 1. The van der Waals surface area contributed by atoms with Gasteiger partial charge in [0.25, 0.3) is 0 Å². The van der Waals surface area contributed by atoms with Crippen LogP contribution in [0.2, 0.25) is 0 Å². The number of aliphatic hydroxyl groups excluding tert-OH is 1. The van der Waals surface area contributed by atoms with Gasteiger partial charge in [0, 0.05) is 19.1 Å². The first-order chi connectivity index (χ1) is 7.65. The molecule has 1 N–H and O–H groups in total. The van der Waals surface area contributed by atoms with Gasteiger partial charge in [-0.1, -0.05) is 6.07 Å². The van der Waals surface area contributed by atoms with E-state index < -0.39 is 0 Å². The van der Waals surface area contributed by atoms with Crippen LogP contribution in [0.25, 0.3) is 10.9 Å². The van der Waals surface area contributed by atoms with Crippen LogP contribution in [-0.2, 0) is 6.42 Å². The molecule has 3 nitrogen and oxygen atoms in total. The van der Waals surface area contributed by atoms with Crippen LogP contribution in [0.4, 0.5) is 4.39 Å². The second-order valence-electron chi connectivity index (χ2n) is 4.09. The number of benzene rings is 1. The summed E-state index contributed by atoms with van der Waals surface area (Å²) in [6.45, 7) is 3.98. The molecule has 0 saturated carbocycles. The van der Waals surface area contributed by atoms with E-state index in [4.69, 9.17) is 5.11 Å². The topological polar surface area (TPSA) is 38.0 Å². The number of halogens is 1. The van der Waals surface area contributed by atoms with Crippen LogP contribution in [0.1, 0.15) is 25.6 Å². The highest BCUT2D eigenvalue weighted by molar-refractivity contribution is 5.82. The van der Waals surface area contributed by atoms with Crippen LogP contribution in [0, 0.1) is 5.82 Å². The SMILES string of the molecule is CC(C)n1nc2cccc(F)c2c1CCO. The number of hydrogen-bond acceptors (Lipinski definition) is 2. The van der Waals surface area contributed by atoms with Crippen LogP contribution in [0.15, 0.2) is 18.2 Å². The van der Waals surface area contributed by atoms with Gasteiger partial charge >= 0.3 is 0 Å². The fraction of sp³-hybridized carbons (Fsp3) is 0.417. The Morgan fingerprint density at radius 2 is 2.19 bits per heavy atom. The molecule has 4 heteroatoms. The summed E-state index contributed by atoms with van der Waals surface area (Å²) in [5, 5.41) is 13.9. The third kappa shape index (κ3) is 1.69. The summed E-state index contributed by atoms with van der Waals surface area (Å²) >= 11 is 0. The van der Waals surface area contributed by atoms with Gasteiger partial charge in [0.1, 0.15) is 5.82 Å². The average Bonchev–Trinajstić information content (AvgIpc) is 2.59. The third-order valence-corrected chi connectivity index (χ3v) is 2.61. The molecule has 0 saturated heterocycles. The van der Waals surface area contributed by atoms with Crippen molar-refractivity contribution in [2.45, 2.75) is 26.3 Å². The zero-order valence-corrected chi connectivity index (χ0v) is 9.44. The molecular weight excluding hydrogens is 207 g/mol. The normalized spacial score (nSPS) is 11.6. The number of aliphatic hydroxyl groups is 1. The van der Waals surface area contributed by atoms with E-state index >= 15 is 0 Å². The first-order valence-corrected chi connectivity index (χ1v) is 5.41. The minimum Gasteiger partial charge on any atom is -0.396 e. The minimum absolute atomic E-state index is 0.00183. The molecule has 0 aliphatic rings. The standard InChI is InChI=1S/C12H15FN2O/c1-8(2)15-11(6-7-16)12-9(13)4-3-5-10(12)14-15/h3-5,8,16H,6-7H2,1-2H3. The van der Waals surface area contributed by atoms with E-state index in [1.54, 1.807) is 16.8 Å². The predicted octanol–water partition coefficient (Wildman–Crippen LogP) is 2.29. The van der Waals surface area contributed by atoms with Crippen molar-refractivity contribution in [3.63, 3.8) is 0 Å². The second-order valence-corrected chi connectivity index (χ2v) is 4.09. The zero-order valence-electron chi connectivity index (χ0n) is 9.44. The Balaban J connectivity index is 2.72. The molecule has 16 heavy (non-hydrogen) atoms. The van der Waals surface area contributed by atoms with Crippen molar-refractivity contribution in [3.8, 4) is 0 Å². The maximum Gasteiger partial charge on any atom is 0.134 e. The molecule has 0 atom stereocenters. The largest absolute Gasteiger partial charge is 0.396 e. The molecule has 0 aliphatic carbocycles. The third-order valence-electron chi connectivity index (χ3n) is 2.61. The van der Waals surface area contributed by atoms with Crippen LogP contribution in [-0.4, -0.2) is 21.5 Å². The average molecular weight is 222 g/mol. The van der Waals surface area contributed by atoms with Crippen LogP contribution in [0.3, 0.4) is 0 Å². The molecule has 0 amide bonds. The van der Waals surface area contributed by atoms with Crippen molar-refractivity contribution < 1.29 is 9.50 Å². The summed E-state index contributed by atoms with van der Waals surface area (Å²) in [5.41, 5.74) is 1.42. The first-order valence-electron chi connectivity index (χ1n) is 5.41. The molecule has 0 fully saturated rings. The van der Waals surface area contributed by atoms with Crippen molar-refractivity contribution in [2.24, 2.45) is 0 Å². The molecule has 0 radical (unpaired) electrons. The number of aromatic nitrogens is 2.